The second kappa shape index (κ2) is 4.21. The molecule has 1 atom stereocenters. The van der Waals surface area contributed by atoms with E-state index < -0.39 is 5.97 Å². The molecule has 1 aliphatic heterocycles. The maximum absolute atomic E-state index is 11.2. The second-order valence-corrected chi connectivity index (χ2v) is 2.90. The van der Waals surface area contributed by atoms with E-state index in [-0.39, 0.29) is 18.4 Å². The Hall–Kier alpha value is -0.900. The van der Waals surface area contributed by atoms with Gasteiger partial charge in [-0.3, -0.25) is 9.59 Å². The third kappa shape index (κ3) is 2.62. The van der Waals surface area contributed by atoms with Crippen molar-refractivity contribution in [3.8, 4) is 0 Å². The molecule has 0 aromatic rings. The van der Waals surface area contributed by atoms with Crippen molar-refractivity contribution in [1.29, 1.82) is 0 Å². The lowest BCUT2D eigenvalue weighted by Crippen LogP contribution is -2.33. The molecule has 68 valence electrons. The van der Waals surface area contributed by atoms with Gasteiger partial charge < -0.3 is 10.1 Å². The molecule has 0 aromatic heterocycles. The van der Waals surface area contributed by atoms with Gasteiger partial charge in [0.15, 0.2) is 12.4 Å². The number of esters is 1. The molecule has 1 N–H and O–H groups in total. The predicted octanol–water partition coefficient (Wildman–Crippen LogP) is -0.129. The molecule has 1 saturated heterocycles. The Kier molecular flexibility index (Phi) is 3.22. The number of nitrogens with one attached hydrogen (secondary N) is 1. The fourth-order valence-electron chi connectivity index (χ4n) is 1.23. The number of Topliss-reactive ketones (excluding diaryl/α,β-unsaturated/α-hetero) is 1. The second-order valence-electron chi connectivity index (χ2n) is 2.90. The summed E-state index contributed by atoms with van der Waals surface area (Å²) in [5.74, 6) is -0.427. The van der Waals surface area contributed by atoms with Crippen molar-refractivity contribution in [1.82, 2.24) is 5.32 Å². The van der Waals surface area contributed by atoms with Crippen LogP contribution in [0.15, 0.2) is 0 Å². The first-order valence-electron chi connectivity index (χ1n) is 4.09. The molecule has 1 fully saturated rings. The van der Waals surface area contributed by atoms with Crippen molar-refractivity contribution in [2.24, 2.45) is 0 Å². The van der Waals surface area contributed by atoms with Gasteiger partial charge in [-0.1, -0.05) is 0 Å². The summed E-state index contributed by atoms with van der Waals surface area (Å²) in [6, 6.07) is -0.0932. The lowest BCUT2D eigenvalue weighted by Gasteiger charge is -2.07. The molecule has 0 saturated carbocycles. The van der Waals surface area contributed by atoms with E-state index in [1.165, 1.54) is 6.92 Å². The van der Waals surface area contributed by atoms with Crippen LogP contribution in [0.2, 0.25) is 0 Å². The fraction of sp³-hybridized carbons (Fsp3) is 0.750. The average Bonchev–Trinajstić information content (AvgIpc) is 2.51. The summed E-state index contributed by atoms with van der Waals surface area (Å²) in [7, 11) is 0. The van der Waals surface area contributed by atoms with Crippen LogP contribution in [0, 0.1) is 0 Å². The average molecular weight is 171 g/mol. The number of carbonyl (C=O) groups excluding carboxylic acids is 2. The minimum atomic E-state index is -0.402. The number of carbonyl (C=O) groups is 2. The summed E-state index contributed by atoms with van der Waals surface area (Å²) in [4.78, 5) is 21.6. The van der Waals surface area contributed by atoms with Crippen LogP contribution < -0.4 is 5.32 Å². The number of ketones is 1. The van der Waals surface area contributed by atoms with E-state index in [1.807, 2.05) is 0 Å². The first-order chi connectivity index (χ1) is 5.70. The predicted molar refractivity (Wildman–Crippen MR) is 42.7 cm³/mol. The van der Waals surface area contributed by atoms with Gasteiger partial charge in [-0.25, -0.2) is 0 Å². The molecule has 1 aliphatic rings. The van der Waals surface area contributed by atoms with Crippen molar-refractivity contribution in [3.05, 3.63) is 0 Å². The zero-order valence-electron chi connectivity index (χ0n) is 7.13. The van der Waals surface area contributed by atoms with Crippen LogP contribution in [0.3, 0.4) is 0 Å². The van der Waals surface area contributed by atoms with Gasteiger partial charge >= 0.3 is 5.97 Å². The Morgan fingerprint density at radius 2 is 2.33 bits per heavy atom. The summed E-state index contributed by atoms with van der Waals surface area (Å²) >= 11 is 0. The van der Waals surface area contributed by atoms with E-state index in [0.717, 1.165) is 19.4 Å². The zero-order valence-corrected chi connectivity index (χ0v) is 7.13. The van der Waals surface area contributed by atoms with Crippen LogP contribution in [0.25, 0.3) is 0 Å². The quantitative estimate of drug-likeness (QED) is 0.601. The van der Waals surface area contributed by atoms with Gasteiger partial charge in [-0.05, 0) is 19.4 Å². The SMILES string of the molecule is CC(=O)OCC(=O)[C@@H]1CCCN1. The van der Waals surface area contributed by atoms with Crippen LogP contribution in [0.5, 0.6) is 0 Å². The summed E-state index contributed by atoms with van der Waals surface area (Å²) in [5, 5.41) is 3.04. The van der Waals surface area contributed by atoms with Gasteiger partial charge in [0.1, 0.15) is 0 Å². The van der Waals surface area contributed by atoms with Gasteiger partial charge in [0.05, 0.1) is 6.04 Å². The molecule has 1 heterocycles. The van der Waals surface area contributed by atoms with Crippen LogP contribution >= 0.6 is 0 Å². The van der Waals surface area contributed by atoms with E-state index in [9.17, 15) is 9.59 Å². The third-order valence-corrected chi connectivity index (χ3v) is 1.87. The highest BCUT2D eigenvalue weighted by Crippen LogP contribution is 2.05. The Bertz CT molecular complexity index is 185. The molecule has 0 unspecified atom stereocenters. The van der Waals surface area contributed by atoms with E-state index in [4.69, 9.17) is 0 Å². The van der Waals surface area contributed by atoms with Crippen molar-refractivity contribution >= 4 is 11.8 Å². The maximum atomic E-state index is 11.2. The van der Waals surface area contributed by atoms with Gasteiger partial charge in [-0.15, -0.1) is 0 Å². The van der Waals surface area contributed by atoms with Crippen molar-refractivity contribution in [2.75, 3.05) is 13.2 Å². The molecule has 0 amide bonds. The van der Waals surface area contributed by atoms with Gasteiger partial charge in [0, 0.05) is 6.92 Å². The first-order valence-corrected chi connectivity index (χ1v) is 4.09. The molecular formula is C8H13NO3. The molecular weight excluding hydrogens is 158 g/mol. The largest absolute Gasteiger partial charge is 0.458 e. The van der Waals surface area contributed by atoms with Crippen LogP contribution in [-0.2, 0) is 14.3 Å². The molecule has 12 heavy (non-hydrogen) atoms. The Morgan fingerprint density at radius 1 is 1.58 bits per heavy atom. The zero-order chi connectivity index (χ0) is 8.97. The van der Waals surface area contributed by atoms with E-state index >= 15 is 0 Å². The number of rotatable bonds is 3. The van der Waals surface area contributed by atoms with E-state index in [2.05, 4.69) is 10.1 Å². The smallest absolute Gasteiger partial charge is 0.303 e. The molecule has 0 aromatic carbocycles. The lowest BCUT2D eigenvalue weighted by atomic mass is 10.1. The van der Waals surface area contributed by atoms with Crippen molar-refractivity contribution < 1.29 is 14.3 Å². The summed E-state index contributed by atoms with van der Waals surface area (Å²) in [6.45, 7) is 2.10. The highest BCUT2D eigenvalue weighted by molar-refractivity contribution is 5.86. The lowest BCUT2D eigenvalue weighted by molar-refractivity contribution is -0.146. The number of ether oxygens (including phenoxy) is 1. The van der Waals surface area contributed by atoms with Gasteiger partial charge in [0.25, 0.3) is 0 Å². The fourth-order valence-corrected chi connectivity index (χ4v) is 1.23. The highest BCUT2D eigenvalue weighted by atomic mass is 16.5. The molecule has 1 rings (SSSR count). The van der Waals surface area contributed by atoms with E-state index in [1.54, 1.807) is 0 Å². The molecule has 0 spiro atoms. The van der Waals surface area contributed by atoms with Crippen molar-refractivity contribution in [2.45, 2.75) is 25.8 Å². The minimum absolute atomic E-state index is 0.0253. The van der Waals surface area contributed by atoms with E-state index in [0.29, 0.717) is 0 Å². The van der Waals surface area contributed by atoms with Gasteiger partial charge in [0.2, 0.25) is 0 Å². The van der Waals surface area contributed by atoms with Crippen LogP contribution in [0.4, 0.5) is 0 Å². The summed E-state index contributed by atoms with van der Waals surface area (Å²) in [6.07, 6.45) is 1.89. The Morgan fingerprint density at radius 3 is 2.83 bits per heavy atom. The minimum Gasteiger partial charge on any atom is -0.458 e. The van der Waals surface area contributed by atoms with Crippen LogP contribution in [-0.4, -0.2) is 30.9 Å². The Labute approximate surface area is 71.3 Å². The number of hydrogen-bond acceptors (Lipinski definition) is 4. The molecule has 0 aliphatic carbocycles. The van der Waals surface area contributed by atoms with Crippen molar-refractivity contribution in [3.63, 3.8) is 0 Å². The summed E-state index contributed by atoms with van der Waals surface area (Å²) in [5.41, 5.74) is 0. The molecule has 4 heteroatoms. The van der Waals surface area contributed by atoms with Crippen LogP contribution in [0.1, 0.15) is 19.8 Å². The number of hydrogen-bond donors (Lipinski definition) is 1. The topological polar surface area (TPSA) is 55.4 Å². The first kappa shape index (κ1) is 9.19. The van der Waals surface area contributed by atoms with Gasteiger partial charge in [-0.2, -0.15) is 0 Å². The molecule has 0 radical (unpaired) electrons. The normalized spacial score (nSPS) is 22.2. The monoisotopic (exact) mass is 171 g/mol. The maximum Gasteiger partial charge on any atom is 0.303 e. The summed E-state index contributed by atoms with van der Waals surface area (Å²) < 4.78 is 4.59. The standard InChI is InChI=1S/C8H13NO3/c1-6(10)12-5-8(11)7-3-2-4-9-7/h7,9H,2-5H2,1H3/t7-/m0/s1. The third-order valence-electron chi connectivity index (χ3n) is 1.87. The highest BCUT2D eigenvalue weighted by Gasteiger charge is 2.22. The molecule has 4 nitrogen and oxygen atoms in total. The molecule has 0 bridgehead atoms. The Balaban J connectivity index is 2.23.